The predicted molar refractivity (Wildman–Crippen MR) is 107 cm³/mol. The Bertz CT molecular complexity index is 499. The number of carbonyl (C=O) groups excluding carboxylic acids is 3. The van der Waals surface area contributed by atoms with E-state index < -0.39 is 12.1 Å². The van der Waals surface area contributed by atoms with Crippen molar-refractivity contribution in [1.82, 2.24) is 20.9 Å². The summed E-state index contributed by atoms with van der Waals surface area (Å²) >= 11 is 0. The van der Waals surface area contributed by atoms with Crippen LogP contribution in [0.1, 0.15) is 51.9 Å². The number of hydrogen-bond acceptors (Lipinski definition) is 4. The molecule has 0 aromatic heterocycles. The van der Waals surface area contributed by atoms with Crippen LogP contribution >= 0.6 is 12.4 Å². The molecule has 2 aliphatic rings. The number of piperidine rings is 1. The van der Waals surface area contributed by atoms with Crippen molar-refractivity contribution in [3.63, 3.8) is 0 Å². The maximum absolute atomic E-state index is 12.8. The molecule has 27 heavy (non-hydrogen) atoms. The number of carbonyl (C=O) groups is 3. The predicted octanol–water partition coefficient (Wildman–Crippen LogP) is 0.742. The van der Waals surface area contributed by atoms with Gasteiger partial charge in [0.1, 0.15) is 6.04 Å². The first kappa shape index (κ1) is 23.5. The maximum atomic E-state index is 12.8. The molecule has 156 valence electrons. The van der Waals surface area contributed by atoms with Crippen LogP contribution in [0.3, 0.4) is 0 Å². The fourth-order valence-corrected chi connectivity index (χ4v) is 3.77. The van der Waals surface area contributed by atoms with Crippen molar-refractivity contribution >= 4 is 30.3 Å². The number of likely N-dealkylation sites (tertiary alicyclic amines) is 1. The van der Waals surface area contributed by atoms with Crippen LogP contribution in [0.4, 0.5) is 4.79 Å². The highest BCUT2D eigenvalue weighted by molar-refractivity contribution is 5.86. The van der Waals surface area contributed by atoms with E-state index in [9.17, 15) is 14.4 Å². The lowest BCUT2D eigenvalue weighted by Crippen LogP contribution is -2.53. The molecule has 0 bridgehead atoms. The summed E-state index contributed by atoms with van der Waals surface area (Å²) in [6.07, 6.45) is 6.24. The number of halogens is 1. The Kier molecular flexibility index (Phi) is 10.5. The van der Waals surface area contributed by atoms with Gasteiger partial charge in [-0.25, -0.2) is 4.79 Å². The zero-order valence-electron chi connectivity index (χ0n) is 16.2. The summed E-state index contributed by atoms with van der Waals surface area (Å²) in [6, 6.07) is -1.29. The number of nitrogens with one attached hydrogen (secondary N) is 3. The van der Waals surface area contributed by atoms with Crippen molar-refractivity contribution in [2.45, 2.75) is 64.0 Å². The van der Waals surface area contributed by atoms with E-state index in [0.29, 0.717) is 26.1 Å². The number of amides is 4. The first-order chi connectivity index (χ1) is 12.5. The summed E-state index contributed by atoms with van der Waals surface area (Å²) in [5.74, 6) is 0.242. The van der Waals surface area contributed by atoms with Crippen LogP contribution in [0.25, 0.3) is 0 Å². The summed E-state index contributed by atoms with van der Waals surface area (Å²) < 4.78 is 0. The van der Waals surface area contributed by atoms with E-state index in [1.165, 1.54) is 0 Å². The molecule has 0 saturated carbocycles. The summed E-state index contributed by atoms with van der Waals surface area (Å²) in [5, 5.41) is 8.80. The van der Waals surface area contributed by atoms with Crippen molar-refractivity contribution in [3.05, 3.63) is 0 Å². The minimum atomic E-state index is -0.663. The van der Waals surface area contributed by atoms with Gasteiger partial charge in [-0.15, -0.1) is 12.4 Å². The lowest BCUT2D eigenvalue weighted by molar-refractivity contribution is -0.135. The first-order valence-electron chi connectivity index (χ1n) is 9.87. The molecule has 3 unspecified atom stereocenters. The van der Waals surface area contributed by atoms with E-state index in [-0.39, 0.29) is 36.2 Å². The van der Waals surface area contributed by atoms with Crippen LogP contribution < -0.4 is 21.7 Å². The molecule has 2 rings (SSSR count). The molecule has 0 aliphatic carbocycles. The molecule has 2 saturated heterocycles. The average molecular weight is 404 g/mol. The van der Waals surface area contributed by atoms with Crippen molar-refractivity contribution in [2.75, 3.05) is 26.2 Å². The molecule has 0 aromatic carbocycles. The highest BCUT2D eigenvalue weighted by Crippen LogP contribution is 2.18. The highest BCUT2D eigenvalue weighted by atomic mass is 35.5. The summed E-state index contributed by atoms with van der Waals surface area (Å²) in [6.45, 7) is 4.83. The Morgan fingerprint density at radius 2 is 2.04 bits per heavy atom. The van der Waals surface area contributed by atoms with Crippen molar-refractivity contribution in [2.24, 2.45) is 11.7 Å². The van der Waals surface area contributed by atoms with Crippen LogP contribution in [-0.4, -0.2) is 61.0 Å². The third-order valence-corrected chi connectivity index (χ3v) is 5.23. The van der Waals surface area contributed by atoms with E-state index in [1.54, 1.807) is 0 Å². The second kappa shape index (κ2) is 12.0. The molecule has 3 atom stereocenters. The van der Waals surface area contributed by atoms with Gasteiger partial charge in [-0.05, 0) is 44.6 Å². The zero-order chi connectivity index (χ0) is 18.9. The smallest absolute Gasteiger partial charge is 0.312 e. The summed E-state index contributed by atoms with van der Waals surface area (Å²) in [7, 11) is 0. The van der Waals surface area contributed by atoms with Gasteiger partial charge in [0, 0.05) is 19.6 Å². The number of nitrogens with zero attached hydrogens (tertiary/aromatic N) is 1. The third-order valence-electron chi connectivity index (χ3n) is 5.23. The Hall–Kier alpha value is -1.54. The number of primary amides is 1. The molecule has 0 spiro atoms. The average Bonchev–Trinajstić information content (AvgIpc) is 3.17. The van der Waals surface area contributed by atoms with Crippen LogP contribution in [0.15, 0.2) is 0 Å². The topological polar surface area (TPSA) is 117 Å². The van der Waals surface area contributed by atoms with Crippen LogP contribution in [0.5, 0.6) is 0 Å². The number of nitrogens with two attached hydrogens (primary N) is 1. The maximum Gasteiger partial charge on any atom is 0.312 e. The molecular weight excluding hydrogens is 370 g/mol. The van der Waals surface area contributed by atoms with Gasteiger partial charge >= 0.3 is 6.03 Å². The van der Waals surface area contributed by atoms with Gasteiger partial charge in [-0.1, -0.05) is 19.8 Å². The molecule has 8 nitrogen and oxygen atoms in total. The fourth-order valence-electron chi connectivity index (χ4n) is 3.77. The molecule has 9 heteroatoms. The first-order valence-corrected chi connectivity index (χ1v) is 9.87. The summed E-state index contributed by atoms with van der Waals surface area (Å²) in [5.41, 5.74) is 5.23. The number of hydrogen-bond donors (Lipinski definition) is 4. The van der Waals surface area contributed by atoms with Crippen LogP contribution in [0.2, 0.25) is 0 Å². The lowest BCUT2D eigenvalue weighted by Gasteiger charge is -2.35. The lowest BCUT2D eigenvalue weighted by atomic mass is 9.96. The zero-order valence-corrected chi connectivity index (χ0v) is 17.0. The number of urea groups is 1. The molecule has 2 heterocycles. The molecule has 4 amide bonds. The van der Waals surface area contributed by atoms with Crippen LogP contribution in [0, 0.1) is 5.92 Å². The monoisotopic (exact) mass is 403 g/mol. The Labute approximate surface area is 167 Å². The Balaban J connectivity index is 0.00000364. The summed E-state index contributed by atoms with van der Waals surface area (Å²) in [4.78, 5) is 38.0. The third kappa shape index (κ3) is 7.54. The molecule has 0 radical (unpaired) electrons. The molecule has 2 fully saturated rings. The Morgan fingerprint density at radius 3 is 2.67 bits per heavy atom. The SMILES string of the molecule is CCCCC(NC(N)=O)C(=O)N1CCCC(CNC(=O)C2CCCN2)C1.Cl. The van der Waals surface area contributed by atoms with Gasteiger partial charge in [0.2, 0.25) is 11.8 Å². The fraction of sp³-hybridized carbons (Fsp3) is 0.833. The Morgan fingerprint density at radius 1 is 1.26 bits per heavy atom. The minimum Gasteiger partial charge on any atom is -0.354 e. The van der Waals surface area contributed by atoms with Gasteiger partial charge in [0.05, 0.1) is 6.04 Å². The van der Waals surface area contributed by atoms with Crippen molar-refractivity contribution in [1.29, 1.82) is 0 Å². The molecule has 5 N–H and O–H groups in total. The van der Waals surface area contributed by atoms with Gasteiger partial charge in [0.25, 0.3) is 0 Å². The number of unbranched alkanes of at least 4 members (excludes halogenated alkanes) is 1. The van der Waals surface area contributed by atoms with Gasteiger partial charge in [-0.3, -0.25) is 9.59 Å². The molecule has 2 aliphatic heterocycles. The van der Waals surface area contributed by atoms with E-state index >= 15 is 0 Å². The normalized spacial score (nSPS) is 23.2. The highest BCUT2D eigenvalue weighted by Gasteiger charge is 2.30. The number of rotatable bonds is 8. The van der Waals surface area contributed by atoms with Crippen LogP contribution in [-0.2, 0) is 9.59 Å². The van der Waals surface area contributed by atoms with Crippen molar-refractivity contribution in [3.8, 4) is 0 Å². The van der Waals surface area contributed by atoms with E-state index in [2.05, 4.69) is 16.0 Å². The van der Waals surface area contributed by atoms with Gasteiger partial charge in [-0.2, -0.15) is 0 Å². The van der Waals surface area contributed by atoms with E-state index in [1.807, 2.05) is 11.8 Å². The quantitative estimate of drug-likeness (QED) is 0.478. The standard InChI is InChI=1S/C18H33N5O3.ClH/c1-2-3-7-15(22-18(19)26)17(25)23-10-5-6-13(12-23)11-21-16(24)14-8-4-9-20-14;/h13-15,20H,2-12H2,1H3,(H,21,24)(H3,19,22,26);1H. The van der Waals surface area contributed by atoms with Crippen molar-refractivity contribution < 1.29 is 14.4 Å². The second-order valence-electron chi connectivity index (χ2n) is 7.39. The second-order valence-corrected chi connectivity index (χ2v) is 7.39. The largest absolute Gasteiger partial charge is 0.354 e. The molecule has 0 aromatic rings. The molecular formula is C18H34ClN5O3. The minimum absolute atomic E-state index is 0. The van der Waals surface area contributed by atoms with E-state index in [0.717, 1.165) is 45.1 Å². The van der Waals surface area contributed by atoms with E-state index in [4.69, 9.17) is 5.73 Å². The van der Waals surface area contributed by atoms with Gasteiger partial charge in [0.15, 0.2) is 0 Å². The van der Waals surface area contributed by atoms with Gasteiger partial charge < -0.3 is 26.6 Å².